The number of aliphatic hydroxyl groups is 3. The molecule has 3 heteroatoms. The van der Waals surface area contributed by atoms with Gasteiger partial charge in [0.15, 0.2) is 0 Å². The van der Waals surface area contributed by atoms with E-state index >= 15 is 0 Å². The lowest BCUT2D eigenvalue weighted by molar-refractivity contribution is -0.0878. The fourth-order valence-electron chi connectivity index (χ4n) is 3.16. The number of aliphatic hydroxyl groups excluding tert-OH is 3. The molecule has 2 aliphatic rings. The number of fused-ring (bicyclic) bond motifs is 2. The maximum Gasteiger partial charge on any atom is 0.0854 e. The molecule has 2 bridgehead atoms. The summed E-state index contributed by atoms with van der Waals surface area (Å²) in [6.07, 6.45) is 1.13. The van der Waals surface area contributed by atoms with Gasteiger partial charge in [0.25, 0.3) is 0 Å². The van der Waals surface area contributed by atoms with E-state index in [1.807, 2.05) is 0 Å². The highest BCUT2D eigenvalue weighted by Gasteiger charge is 2.56. The van der Waals surface area contributed by atoms with Crippen LogP contribution in [-0.4, -0.2) is 33.6 Å². The van der Waals surface area contributed by atoms with E-state index < -0.39 is 12.2 Å². The third-order valence-corrected chi connectivity index (χ3v) is 3.82. The quantitative estimate of drug-likeness (QED) is 0.574. The second kappa shape index (κ2) is 3.23. The van der Waals surface area contributed by atoms with Crippen LogP contribution in [0.3, 0.4) is 0 Å². The summed E-state index contributed by atoms with van der Waals surface area (Å²) < 4.78 is 0. The Kier molecular flexibility index (Phi) is 2.34. The van der Waals surface area contributed by atoms with Gasteiger partial charge in [0.2, 0.25) is 0 Å². The highest BCUT2D eigenvalue weighted by Crippen LogP contribution is 2.50. The van der Waals surface area contributed by atoms with Gasteiger partial charge < -0.3 is 15.3 Å². The highest BCUT2D eigenvalue weighted by atomic mass is 16.3. The molecule has 0 aromatic rings. The number of hydrogen-bond donors (Lipinski definition) is 3. The largest absolute Gasteiger partial charge is 0.392 e. The lowest BCUT2D eigenvalue weighted by atomic mass is 9.80. The molecule has 2 rings (SSSR count). The normalized spacial score (nSPS) is 54.5. The van der Waals surface area contributed by atoms with Gasteiger partial charge in [-0.1, -0.05) is 13.3 Å². The average molecular weight is 186 g/mol. The molecule has 3 nitrogen and oxygen atoms in total. The minimum Gasteiger partial charge on any atom is -0.392 e. The van der Waals surface area contributed by atoms with Crippen molar-refractivity contribution in [3.05, 3.63) is 0 Å². The topological polar surface area (TPSA) is 60.7 Å². The van der Waals surface area contributed by atoms with Crippen molar-refractivity contribution < 1.29 is 15.3 Å². The van der Waals surface area contributed by atoms with Crippen molar-refractivity contribution in [3.63, 3.8) is 0 Å². The highest BCUT2D eigenvalue weighted by molar-refractivity contribution is 5.05. The molecule has 0 aliphatic heterocycles. The van der Waals surface area contributed by atoms with Gasteiger partial charge >= 0.3 is 0 Å². The van der Waals surface area contributed by atoms with E-state index in [1.165, 1.54) is 0 Å². The average Bonchev–Trinajstić information content (AvgIpc) is 2.55. The van der Waals surface area contributed by atoms with E-state index in [0.29, 0.717) is 0 Å². The molecule has 2 saturated carbocycles. The van der Waals surface area contributed by atoms with E-state index in [4.69, 9.17) is 0 Å². The first-order chi connectivity index (χ1) is 6.16. The van der Waals surface area contributed by atoms with Crippen LogP contribution in [0.25, 0.3) is 0 Å². The summed E-state index contributed by atoms with van der Waals surface area (Å²) in [4.78, 5) is 0. The Bertz CT molecular complexity index is 195. The van der Waals surface area contributed by atoms with Gasteiger partial charge in [-0.3, -0.25) is 0 Å². The Morgan fingerprint density at radius 1 is 1.00 bits per heavy atom. The van der Waals surface area contributed by atoms with Crippen molar-refractivity contribution in [1.82, 2.24) is 0 Å². The molecule has 13 heavy (non-hydrogen) atoms. The smallest absolute Gasteiger partial charge is 0.0854 e. The maximum atomic E-state index is 9.83. The SMILES string of the molecule is CCCC1C(O)C2CC1C(O)C2O. The van der Waals surface area contributed by atoms with Gasteiger partial charge in [-0.05, 0) is 24.7 Å². The third-order valence-electron chi connectivity index (χ3n) is 3.82. The zero-order valence-electron chi connectivity index (χ0n) is 7.93. The Balaban J connectivity index is 2.10. The van der Waals surface area contributed by atoms with Crippen LogP contribution in [-0.2, 0) is 0 Å². The molecule has 0 amide bonds. The van der Waals surface area contributed by atoms with Gasteiger partial charge in [0.05, 0.1) is 18.3 Å². The van der Waals surface area contributed by atoms with Crippen molar-refractivity contribution in [2.75, 3.05) is 0 Å². The Morgan fingerprint density at radius 2 is 1.62 bits per heavy atom. The first-order valence-electron chi connectivity index (χ1n) is 5.21. The molecular formula is C10H18O3. The van der Waals surface area contributed by atoms with Crippen molar-refractivity contribution in [2.45, 2.75) is 44.5 Å². The molecular weight excluding hydrogens is 168 g/mol. The Hall–Kier alpha value is -0.120. The lowest BCUT2D eigenvalue weighted by Gasteiger charge is -2.33. The standard InChI is InChI=1S/C10H18O3/c1-2-3-5-6-4-7(8(5)11)10(13)9(6)12/h5-13H,2-4H2,1H3. The van der Waals surface area contributed by atoms with E-state index in [-0.39, 0.29) is 23.9 Å². The summed E-state index contributed by atoms with van der Waals surface area (Å²) in [6.45, 7) is 2.08. The monoisotopic (exact) mass is 186 g/mol. The first-order valence-corrected chi connectivity index (χ1v) is 5.21. The fraction of sp³-hybridized carbons (Fsp3) is 1.00. The van der Waals surface area contributed by atoms with Crippen molar-refractivity contribution in [2.24, 2.45) is 17.8 Å². The van der Waals surface area contributed by atoms with Crippen LogP contribution < -0.4 is 0 Å². The molecule has 0 aromatic heterocycles. The summed E-state index contributed by atoms with van der Waals surface area (Å²) in [5.41, 5.74) is 0. The summed E-state index contributed by atoms with van der Waals surface area (Å²) in [7, 11) is 0. The lowest BCUT2D eigenvalue weighted by Crippen LogP contribution is -2.44. The molecule has 6 atom stereocenters. The van der Waals surface area contributed by atoms with Crippen LogP contribution in [0.2, 0.25) is 0 Å². The molecule has 0 saturated heterocycles. The molecule has 0 radical (unpaired) electrons. The van der Waals surface area contributed by atoms with E-state index in [0.717, 1.165) is 19.3 Å². The first kappa shape index (κ1) is 9.44. The van der Waals surface area contributed by atoms with Crippen LogP contribution in [0, 0.1) is 17.8 Å². The summed E-state index contributed by atoms with van der Waals surface area (Å²) in [5.74, 6) is 0.278. The van der Waals surface area contributed by atoms with Gasteiger partial charge in [-0.25, -0.2) is 0 Å². The van der Waals surface area contributed by atoms with E-state index in [9.17, 15) is 15.3 Å². The van der Waals surface area contributed by atoms with Crippen LogP contribution in [0.4, 0.5) is 0 Å². The summed E-state index contributed by atoms with van der Waals surface area (Å²) in [6, 6.07) is 0. The van der Waals surface area contributed by atoms with Gasteiger partial charge in [-0.15, -0.1) is 0 Å². The Labute approximate surface area is 78.4 Å². The molecule has 0 aromatic carbocycles. The van der Waals surface area contributed by atoms with E-state index in [2.05, 4.69) is 6.92 Å². The minimum absolute atomic E-state index is 0.0726. The number of rotatable bonds is 2. The predicted molar refractivity (Wildman–Crippen MR) is 48.0 cm³/mol. The van der Waals surface area contributed by atoms with Crippen molar-refractivity contribution in [1.29, 1.82) is 0 Å². The predicted octanol–water partition coefficient (Wildman–Crippen LogP) is 0.135. The molecule has 2 aliphatic carbocycles. The molecule has 3 N–H and O–H groups in total. The Morgan fingerprint density at radius 3 is 2.15 bits per heavy atom. The van der Waals surface area contributed by atoms with Crippen LogP contribution in [0.15, 0.2) is 0 Å². The summed E-state index contributed by atoms with van der Waals surface area (Å²) in [5, 5.41) is 29.0. The summed E-state index contributed by atoms with van der Waals surface area (Å²) >= 11 is 0. The molecule has 76 valence electrons. The van der Waals surface area contributed by atoms with Crippen molar-refractivity contribution in [3.8, 4) is 0 Å². The van der Waals surface area contributed by atoms with Gasteiger partial charge in [0, 0.05) is 5.92 Å². The third kappa shape index (κ3) is 1.22. The molecule has 0 spiro atoms. The molecule has 6 unspecified atom stereocenters. The maximum absolute atomic E-state index is 9.83. The van der Waals surface area contributed by atoms with Gasteiger partial charge in [-0.2, -0.15) is 0 Å². The van der Waals surface area contributed by atoms with Crippen LogP contribution >= 0.6 is 0 Å². The molecule has 0 heterocycles. The van der Waals surface area contributed by atoms with E-state index in [1.54, 1.807) is 0 Å². The van der Waals surface area contributed by atoms with Crippen LogP contribution in [0.5, 0.6) is 0 Å². The zero-order chi connectivity index (χ0) is 9.59. The molecule has 2 fully saturated rings. The van der Waals surface area contributed by atoms with Gasteiger partial charge in [0.1, 0.15) is 0 Å². The number of hydrogen-bond acceptors (Lipinski definition) is 3. The second-order valence-corrected chi connectivity index (χ2v) is 4.49. The second-order valence-electron chi connectivity index (χ2n) is 4.49. The van der Waals surface area contributed by atoms with Crippen molar-refractivity contribution >= 4 is 0 Å². The fourth-order valence-corrected chi connectivity index (χ4v) is 3.16. The zero-order valence-corrected chi connectivity index (χ0v) is 7.93. The van der Waals surface area contributed by atoms with Crippen LogP contribution in [0.1, 0.15) is 26.2 Å². The minimum atomic E-state index is -0.687.